The van der Waals surface area contributed by atoms with Gasteiger partial charge in [0.1, 0.15) is 0 Å². The highest BCUT2D eigenvalue weighted by Gasteiger charge is 2.56. The van der Waals surface area contributed by atoms with Crippen LogP contribution in [0.4, 0.5) is 0 Å². The van der Waals surface area contributed by atoms with Gasteiger partial charge in [-0.1, -0.05) is 24.6 Å². The Morgan fingerprint density at radius 3 is 2.09 bits per heavy atom. The van der Waals surface area contributed by atoms with E-state index in [1.165, 1.54) is 23.1 Å². The predicted octanol–water partition coefficient (Wildman–Crippen LogP) is 3.98. The molecule has 0 bridgehead atoms. The zero-order chi connectivity index (χ0) is 15.4. The average molecular weight is 296 g/mol. The summed E-state index contributed by atoms with van der Waals surface area (Å²) in [5.41, 5.74) is 4.25. The van der Waals surface area contributed by atoms with E-state index < -0.39 is 0 Å². The largest absolute Gasteiger partial charge is 0.291 e. The highest BCUT2D eigenvalue weighted by molar-refractivity contribution is 6.41. The molecule has 3 aliphatic rings. The molecule has 4 rings (SSSR count). The van der Waals surface area contributed by atoms with E-state index in [-0.39, 0.29) is 23.4 Å². The fourth-order valence-electron chi connectivity index (χ4n) is 5.82. The molecule has 0 saturated heterocycles. The Morgan fingerprint density at radius 2 is 1.41 bits per heavy atom. The number of rotatable bonds is 1. The summed E-state index contributed by atoms with van der Waals surface area (Å²) in [7, 11) is 0. The van der Waals surface area contributed by atoms with Crippen LogP contribution in [0.15, 0.2) is 18.2 Å². The molecule has 0 aromatic heterocycles. The van der Waals surface area contributed by atoms with Crippen molar-refractivity contribution in [3.63, 3.8) is 0 Å². The Bertz CT molecular complexity index is 609. The topological polar surface area (TPSA) is 34.1 Å². The van der Waals surface area contributed by atoms with E-state index in [1.807, 2.05) is 0 Å². The van der Waals surface area contributed by atoms with Gasteiger partial charge in [-0.2, -0.15) is 0 Å². The van der Waals surface area contributed by atoms with Gasteiger partial charge >= 0.3 is 0 Å². The van der Waals surface area contributed by atoms with Crippen molar-refractivity contribution in [2.45, 2.75) is 51.9 Å². The zero-order valence-corrected chi connectivity index (χ0v) is 13.5. The quantitative estimate of drug-likeness (QED) is 0.735. The second kappa shape index (κ2) is 5.04. The molecule has 0 heterocycles. The maximum absolute atomic E-state index is 12.3. The Labute approximate surface area is 132 Å². The molecule has 0 N–H and O–H groups in total. The minimum atomic E-state index is -0.0399. The molecule has 2 nitrogen and oxygen atoms in total. The molecule has 5 unspecified atom stereocenters. The molecule has 1 aromatic carbocycles. The zero-order valence-electron chi connectivity index (χ0n) is 13.5. The smallest absolute Gasteiger partial charge is 0.202 e. The SMILES string of the molecule is Cc1cccc(C)c1C1CCC2C(=O)C(=O)C3CCCC1C32. The van der Waals surface area contributed by atoms with Crippen LogP contribution >= 0.6 is 0 Å². The molecule has 0 amide bonds. The molecular formula is C20H24O2. The fraction of sp³-hybridized carbons (Fsp3) is 0.600. The van der Waals surface area contributed by atoms with E-state index in [2.05, 4.69) is 32.0 Å². The molecule has 1 aromatic rings. The summed E-state index contributed by atoms with van der Waals surface area (Å²) in [6, 6.07) is 6.55. The van der Waals surface area contributed by atoms with Crippen LogP contribution in [0.25, 0.3) is 0 Å². The second-order valence-corrected chi connectivity index (χ2v) is 7.60. The van der Waals surface area contributed by atoms with Gasteiger partial charge in [-0.15, -0.1) is 0 Å². The first kappa shape index (κ1) is 14.2. The van der Waals surface area contributed by atoms with Crippen LogP contribution in [0.3, 0.4) is 0 Å². The van der Waals surface area contributed by atoms with Gasteiger partial charge in [0.25, 0.3) is 0 Å². The van der Waals surface area contributed by atoms with Gasteiger partial charge in [0, 0.05) is 11.8 Å². The van der Waals surface area contributed by atoms with E-state index in [9.17, 15) is 9.59 Å². The van der Waals surface area contributed by atoms with Gasteiger partial charge in [0.05, 0.1) is 0 Å². The third kappa shape index (κ3) is 1.85. The van der Waals surface area contributed by atoms with E-state index in [0.29, 0.717) is 17.8 Å². The number of benzene rings is 1. The summed E-state index contributed by atoms with van der Waals surface area (Å²) >= 11 is 0. The first-order valence-corrected chi connectivity index (χ1v) is 8.73. The summed E-state index contributed by atoms with van der Waals surface area (Å²) in [6.07, 6.45) is 5.24. The van der Waals surface area contributed by atoms with Crippen LogP contribution < -0.4 is 0 Å². The number of aryl methyl sites for hydroxylation is 2. The number of Topliss-reactive ketones (excluding diaryl/α,β-unsaturated/α-hetero) is 2. The van der Waals surface area contributed by atoms with Gasteiger partial charge in [0.2, 0.25) is 11.6 Å². The van der Waals surface area contributed by atoms with Crippen molar-refractivity contribution in [1.82, 2.24) is 0 Å². The maximum atomic E-state index is 12.3. The van der Waals surface area contributed by atoms with Crippen molar-refractivity contribution in [2.75, 3.05) is 0 Å². The molecule has 3 aliphatic carbocycles. The van der Waals surface area contributed by atoms with Gasteiger partial charge in [-0.05, 0) is 74.0 Å². The first-order valence-electron chi connectivity index (χ1n) is 8.73. The summed E-state index contributed by atoms with van der Waals surface area (Å²) < 4.78 is 0. The van der Waals surface area contributed by atoms with E-state index in [0.717, 1.165) is 25.7 Å². The van der Waals surface area contributed by atoms with Gasteiger partial charge < -0.3 is 0 Å². The minimum Gasteiger partial charge on any atom is -0.291 e. The maximum Gasteiger partial charge on any atom is 0.202 e. The predicted molar refractivity (Wildman–Crippen MR) is 85.7 cm³/mol. The van der Waals surface area contributed by atoms with Crippen LogP contribution in [0.2, 0.25) is 0 Å². The van der Waals surface area contributed by atoms with Crippen molar-refractivity contribution >= 4 is 11.6 Å². The van der Waals surface area contributed by atoms with Gasteiger partial charge in [0.15, 0.2) is 0 Å². The summed E-state index contributed by atoms with van der Waals surface area (Å²) in [5, 5.41) is 0. The standard InChI is InChI=1S/C20H24O2/c1-11-5-3-6-12(2)17(11)14-9-10-16-18-13(14)7-4-8-15(18)19(21)20(16)22/h3,5-6,13-16,18H,4,7-10H2,1-2H3. The van der Waals surface area contributed by atoms with Crippen molar-refractivity contribution in [1.29, 1.82) is 0 Å². The van der Waals surface area contributed by atoms with Crippen LogP contribution in [-0.2, 0) is 9.59 Å². The van der Waals surface area contributed by atoms with Crippen molar-refractivity contribution < 1.29 is 9.59 Å². The van der Waals surface area contributed by atoms with E-state index in [1.54, 1.807) is 0 Å². The van der Waals surface area contributed by atoms with Crippen molar-refractivity contribution in [2.24, 2.45) is 23.7 Å². The van der Waals surface area contributed by atoms with Crippen LogP contribution in [0.5, 0.6) is 0 Å². The highest BCUT2D eigenvalue weighted by atomic mass is 16.2. The molecular weight excluding hydrogens is 272 g/mol. The fourth-order valence-corrected chi connectivity index (χ4v) is 5.82. The number of carbonyl (C=O) groups is 2. The van der Waals surface area contributed by atoms with Crippen LogP contribution in [0.1, 0.15) is 54.7 Å². The molecule has 2 heteroatoms. The Kier molecular flexibility index (Phi) is 3.25. The Balaban J connectivity index is 1.76. The van der Waals surface area contributed by atoms with Gasteiger partial charge in [-0.3, -0.25) is 9.59 Å². The monoisotopic (exact) mass is 296 g/mol. The molecule has 0 aliphatic heterocycles. The third-order valence-corrected chi connectivity index (χ3v) is 6.61. The van der Waals surface area contributed by atoms with Crippen molar-refractivity contribution in [3.05, 3.63) is 34.9 Å². The Hall–Kier alpha value is -1.44. The highest BCUT2D eigenvalue weighted by Crippen LogP contribution is 2.57. The molecule has 0 radical (unpaired) electrons. The number of carbonyl (C=O) groups excluding carboxylic acids is 2. The van der Waals surface area contributed by atoms with E-state index >= 15 is 0 Å². The molecule has 0 spiro atoms. The number of ketones is 2. The lowest BCUT2D eigenvalue weighted by Gasteiger charge is -2.45. The Morgan fingerprint density at radius 1 is 0.818 bits per heavy atom. The lowest BCUT2D eigenvalue weighted by molar-refractivity contribution is -0.137. The van der Waals surface area contributed by atoms with Gasteiger partial charge in [-0.25, -0.2) is 0 Å². The van der Waals surface area contributed by atoms with Crippen LogP contribution in [-0.4, -0.2) is 11.6 Å². The normalized spacial score (nSPS) is 37.3. The number of hydrogen-bond donors (Lipinski definition) is 0. The first-order chi connectivity index (χ1) is 10.6. The van der Waals surface area contributed by atoms with Crippen LogP contribution in [0, 0.1) is 37.5 Å². The molecule has 3 saturated carbocycles. The third-order valence-electron chi connectivity index (χ3n) is 6.61. The van der Waals surface area contributed by atoms with E-state index in [4.69, 9.17) is 0 Å². The molecule has 116 valence electrons. The summed E-state index contributed by atoms with van der Waals surface area (Å²) in [6.45, 7) is 4.42. The summed E-state index contributed by atoms with van der Waals surface area (Å²) in [5.74, 6) is 1.43. The molecule has 22 heavy (non-hydrogen) atoms. The average Bonchev–Trinajstić information content (AvgIpc) is 2.76. The number of hydrogen-bond acceptors (Lipinski definition) is 2. The molecule has 5 atom stereocenters. The summed E-state index contributed by atoms with van der Waals surface area (Å²) in [4.78, 5) is 24.6. The van der Waals surface area contributed by atoms with Crippen molar-refractivity contribution in [3.8, 4) is 0 Å². The minimum absolute atomic E-state index is 0.0399. The second-order valence-electron chi connectivity index (χ2n) is 7.60. The lowest BCUT2D eigenvalue weighted by Crippen LogP contribution is -2.38. The molecule has 3 fully saturated rings. The lowest BCUT2D eigenvalue weighted by atomic mass is 9.58.